The number of rotatable bonds is 3. The maximum atomic E-state index is 11.2. The van der Waals surface area contributed by atoms with Crippen LogP contribution in [0.5, 0.6) is 0 Å². The first kappa shape index (κ1) is 10.6. The number of hydrogen-bond donors (Lipinski definition) is 2. The Morgan fingerprint density at radius 2 is 2.21 bits per heavy atom. The van der Waals surface area contributed by atoms with E-state index in [1.54, 1.807) is 0 Å². The minimum atomic E-state index is -0.258. The quantitative estimate of drug-likeness (QED) is 0.776. The second-order valence-corrected chi connectivity index (χ2v) is 3.10. The molecule has 0 fully saturated rings. The van der Waals surface area contributed by atoms with Crippen molar-refractivity contribution in [2.45, 2.75) is 27.2 Å². The van der Waals surface area contributed by atoms with E-state index in [1.807, 2.05) is 20.8 Å². The van der Waals surface area contributed by atoms with Crippen LogP contribution >= 0.6 is 0 Å². The lowest BCUT2D eigenvalue weighted by molar-refractivity contribution is 0.251. The Morgan fingerprint density at radius 1 is 1.50 bits per heavy atom. The Hall–Kier alpha value is -1.52. The Kier molecular flexibility index (Phi) is 3.50. The smallest absolute Gasteiger partial charge is 0.321 e. The van der Waals surface area contributed by atoms with Crippen molar-refractivity contribution in [3.63, 3.8) is 0 Å². The van der Waals surface area contributed by atoms with Gasteiger partial charge in [0.05, 0.1) is 5.69 Å². The average Bonchev–Trinajstić information content (AvgIpc) is 2.46. The highest BCUT2D eigenvalue weighted by atomic mass is 16.5. The summed E-state index contributed by atoms with van der Waals surface area (Å²) >= 11 is 0. The summed E-state index contributed by atoms with van der Waals surface area (Å²) in [6.45, 7) is 6.32. The van der Waals surface area contributed by atoms with Gasteiger partial charge in [0, 0.05) is 12.1 Å². The van der Waals surface area contributed by atoms with Gasteiger partial charge in [-0.25, -0.2) is 4.79 Å². The van der Waals surface area contributed by atoms with Crippen LogP contribution in [0.1, 0.15) is 24.6 Å². The molecule has 1 rings (SSSR count). The number of anilines is 1. The minimum Gasteiger partial charge on any atom is -0.338 e. The summed E-state index contributed by atoms with van der Waals surface area (Å²) in [6, 6.07) is -0.258. The highest BCUT2D eigenvalue weighted by Crippen LogP contribution is 2.16. The van der Waals surface area contributed by atoms with Crippen LogP contribution in [-0.4, -0.2) is 17.7 Å². The van der Waals surface area contributed by atoms with E-state index in [9.17, 15) is 4.79 Å². The van der Waals surface area contributed by atoms with E-state index in [4.69, 9.17) is 4.52 Å². The van der Waals surface area contributed by atoms with Crippen molar-refractivity contribution in [1.29, 1.82) is 0 Å². The topological polar surface area (TPSA) is 67.2 Å². The van der Waals surface area contributed by atoms with E-state index in [2.05, 4.69) is 15.8 Å². The van der Waals surface area contributed by atoms with Gasteiger partial charge in [-0.05, 0) is 20.3 Å². The highest BCUT2D eigenvalue weighted by molar-refractivity contribution is 5.88. The molecule has 5 nitrogen and oxygen atoms in total. The van der Waals surface area contributed by atoms with Crippen molar-refractivity contribution in [2.75, 3.05) is 11.9 Å². The van der Waals surface area contributed by atoms with E-state index in [0.717, 1.165) is 17.7 Å². The van der Waals surface area contributed by atoms with Crippen LogP contribution in [-0.2, 0) is 0 Å². The lowest BCUT2D eigenvalue weighted by Gasteiger charge is -2.03. The summed E-state index contributed by atoms with van der Waals surface area (Å²) in [4.78, 5) is 11.2. The molecule has 0 saturated heterocycles. The maximum absolute atomic E-state index is 11.2. The number of carbonyl (C=O) groups is 1. The van der Waals surface area contributed by atoms with Gasteiger partial charge in [-0.2, -0.15) is 0 Å². The van der Waals surface area contributed by atoms with Gasteiger partial charge in [0.1, 0.15) is 0 Å². The largest absolute Gasteiger partial charge is 0.338 e. The van der Waals surface area contributed by atoms with Crippen LogP contribution < -0.4 is 10.6 Å². The first-order valence-corrected chi connectivity index (χ1v) is 4.63. The van der Waals surface area contributed by atoms with Gasteiger partial charge in [-0.15, -0.1) is 0 Å². The lowest BCUT2D eigenvalue weighted by atomic mass is 10.3. The summed E-state index contributed by atoms with van der Waals surface area (Å²) in [7, 11) is 0. The third-order valence-corrected chi connectivity index (χ3v) is 1.92. The number of carbonyl (C=O) groups excluding carboxylic acids is 1. The molecule has 0 aliphatic carbocycles. The van der Waals surface area contributed by atoms with Gasteiger partial charge in [0.25, 0.3) is 0 Å². The Morgan fingerprint density at radius 3 is 2.71 bits per heavy atom. The Labute approximate surface area is 82.8 Å². The van der Waals surface area contributed by atoms with E-state index < -0.39 is 0 Å². The molecule has 1 heterocycles. The minimum absolute atomic E-state index is 0.258. The van der Waals surface area contributed by atoms with E-state index >= 15 is 0 Å². The number of nitrogens with one attached hydrogen (secondary N) is 2. The Bertz CT molecular complexity index is 320. The summed E-state index contributed by atoms with van der Waals surface area (Å²) in [6.07, 6.45) is 0.905. The van der Waals surface area contributed by atoms with Gasteiger partial charge in [0.2, 0.25) is 5.88 Å². The summed E-state index contributed by atoms with van der Waals surface area (Å²) in [5.41, 5.74) is 1.65. The molecular formula is C9H15N3O2. The second-order valence-electron chi connectivity index (χ2n) is 3.10. The highest BCUT2D eigenvalue weighted by Gasteiger charge is 2.10. The third-order valence-electron chi connectivity index (χ3n) is 1.92. The second kappa shape index (κ2) is 4.64. The summed E-state index contributed by atoms with van der Waals surface area (Å²) < 4.78 is 4.92. The van der Waals surface area contributed by atoms with Gasteiger partial charge in [-0.1, -0.05) is 12.1 Å². The molecule has 78 valence electrons. The average molecular weight is 197 g/mol. The number of aryl methyl sites for hydroxylation is 1. The SMILES string of the molecule is CCCNC(=O)Nc1onc(C)c1C. The fourth-order valence-electron chi connectivity index (χ4n) is 0.918. The number of urea groups is 1. The normalized spacial score (nSPS) is 9.93. The van der Waals surface area contributed by atoms with Crippen LogP contribution in [0, 0.1) is 13.8 Å². The molecule has 0 unspecified atom stereocenters. The number of hydrogen-bond acceptors (Lipinski definition) is 3. The molecule has 14 heavy (non-hydrogen) atoms. The molecule has 0 atom stereocenters. The first-order chi connectivity index (χ1) is 6.65. The predicted octanol–water partition coefficient (Wildman–Crippen LogP) is 1.82. The summed E-state index contributed by atoms with van der Waals surface area (Å²) in [5.74, 6) is 0.413. The monoisotopic (exact) mass is 197 g/mol. The molecule has 2 N–H and O–H groups in total. The molecule has 5 heteroatoms. The fraction of sp³-hybridized carbons (Fsp3) is 0.556. The molecule has 1 aromatic heterocycles. The number of aromatic nitrogens is 1. The standard InChI is InChI=1S/C9H15N3O2/c1-4-5-10-9(13)11-8-6(2)7(3)12-14-8/h4-5H2,1-3H3,(H2,10,11,13). The van der Waals surface area contributed by atoms with Gasteiger partial charge in [0.15, 0.2) is 0 Å². The number of nitrogens with zero attached hydrogens (tertiary/aromatic N) is 1. The molecule has 0 aliphatic heterocycles. The molecule has 0 saturated carbocycles. The predicted molar refractivity (Wildman–Crippen MR) is 53.3 cm³/mol. The summed E-state index contributed by atoms with van der Waals surface area (Å²) in [5, 5.41) is 9.00. The van der Waals surface area contributed by atoms with E-state index in [0.29, 0.717) is 12.4 Å². The van der Waals surface area contributed by atoms with E-state index in [-0.39, 0.29) is 6.03 Å². The zero-order chi connectivity index (χ0) is 10.6. The van der Waals surface area contributed by atoms with Crippen LogP contribution in [0.25, 0.3) is 0 Å². The molecule has 1 aromatic rings. The molecule has 0 aliphatic rings. The number of amides is 2. The van der Waals surface area contributed by atoms with Gasteiger partial charge in [-0.3, -0.25) is 5.32 Å². The van der Waals surface area contributed by atoms with Crippen molar-refractivity contribution in [3.05, 3.63) is 11.3 Å². The fourth-order valence-corrected chi connectivity index (χ4v) is 0.918. The zero-order valence-corrected chi connectivity index (χ0v) is 8.68. The third kappa shape index (κ3) is 2.48. The van der Waals surface area contributed by atoms with Gasteiger partial charge >= 0.3 is 6.03 Å². The molecular weight excluding hydrogens is 182 g/mol. The van der Waals surface area contributed by atoms with Crippen molar-refractivity contribution < 1.29 is 9.32 Å². The van der Waals surface area contributed by atoms with Gasteiger partial charge < -0.3 is 9.84 Å². The lowest BCUT2D eigenvalue weighted by Crippen LogP contribution is -2.29. The van der Waals surface area contributed by atoms with Crippen LogP contribution in [0.15, 0.2) is 4.52 Å². The van der Waals surface area contributed by atoms with Crippen LogP contribution in [0.2, 0.25) is 0 Å². The van der Waals surface area contributed by atoms with Crippen molar-refractivity contribution in [2.24, 2.45) is 0 Å². The maximum Gasteiger partial charge on any atom is 0.321 e. The Balaban J connectivity index is 2.52. The van der Waals surface area contributed by atoms with Crippen LogP contribution in [0.4, 0.5) is 10.7 Å². The van der Waals surface area contributed by atoms with Crippen molar-refractivity contribution in [1.82, 2.24) is 10.5 Å². The molecule has 0 bridgehead atoms. The van der Waals surface area contributed by atoms with Crippen molar-refractivity contribution >= 4 is 11.9 Å². The van der Waals surface area contributed by atoms with Crippen molar-refractivity contribution in [3.8, 4) is 0 Å². The molecule has 0 radical (unpaired) electrons. The van der Waals surface area contributed by atoms with E-state index in [1.165, 1.54) is 0 Å². The molecule has 0 aromatic carbocycles. The zero-order valence-electron chi connectivity index (χ0n) is 8.68. The van der Waals surface area contributed by atoms with Crippen LogP contribution in [0.3, 0.4) is 0 Å². The molecule has 2 amide bonds. The molecule has 0 spiro atoms. The first-order valence-electron chi connectivity index (χ1n) is 4.63.